The zero-order chi connectivity index (χ0) is 18.2. The summed E-state index contributed by atoms with van der Waals surface area (Å²) in [6, 6.07) is 15.2. The van der Waals surface area contributed by atoms with Crippen LogP contribution in [0.25, 0.3) is 21.8 Å². The van der Waals surface area contributed by atoms with Crippen LogP contribution < -0.4 is 5.73 Å². The van der Waals surface area contributed by atoms with Crippen LogP contribution in [0.15, 0.2) is 58.7 Å². The molecule has 5 nitrogen and oxygen atoms in total. The number of hydrogen-bond acceptors (Lipinski definition) is 5. The number of aromatic nitrogens is 4. The molecule has 27 heavy (non-hydrogen) atoms. The van der Waals surface area contributed by atoms with Crippen molar-refractivity contribution in [2.24, 2.45) is 0 Å². The molecule has 1 fully saturated rings. The fraction of sp³-hybridized carbons (Fsp3) is 0.286. The Kier molecular flexibility index (Phi) is 4.20. The van der Waals surface area contributed by atoms with Crippen LogP contribution in [-0.4, -0.2) is 19.7 Å². The highest BCUT2D eigenvalue weighted by Crippen LogP contribution is 2.39. The van der Waals surface area contributed by atoms with Gasteiger partial charge in [-0.05, 0) is 29.7 Å². The summed E-state index contributed by atoms with van der Waals surface area (Å²) in [5, 5.41) is 9.19. The van der Waals surface area contributed by atoms with E-state index in [1.807, 2.05) is 0 Å². The second kappa shape index (κ2) is 6.85. The van der Waals surface area contributed by atoms with Crippen molar-refractivity contribution in [1.29, 1.82) is 0 Å². The van der Waals surface area contributed by atoms with E-state index in [0.29, 0.717) is 11.9 Å². The van der Waals surface area contributed by atoms with Crippen LogP contribution in [0.1, 0.15) is 38.1 Å². The number of fused-ring (bicyclic) bond motifs is 2. The molecule has 4 aromatic rings. The van der Waals surface area contributed by atoms with Crippen molar-refractivity contribution in [3.8, 4) is 0 Å². The lowest BCUT2D eigenvalue weighted by molar-refractivity contribution is 0.332. The monoisotopic (exact) mass is 375 g/mol. The topological polar surface area (TPSA) is 69.6 Å². The molecule has 0 radical (unpaired) electrons. The van der Waals surface area contributed by atoms with Crippen LogP contribution in [0.3, 0.4) is 0 Å². The highest BCUT2D eigenvalue weighted by molar-refractivity contribution is 7.99. The van der Waals surface area contributed by atoms with Crippen LogP contribution in [0, 0.1) is 0 Å². The van der Waals surface area contributed by atoms with E-state index in [9.17, 15) is 0 Å². The summed E-state index contributed by atoms with van der Waals surface area (Å²) in [5.74, 6) is 0.504. The van der Waals surface area contributed by atoms with Gasteiger partial charge in [0.2, 0.25) is 0 Å². The number of rotatable bonds is 3. The van der Waals surface area contributed by atoms with Gasteiger partial charge < -0.3 is 5.73 Å². The minimum Gasteiger partial charge on any atom is -0.383 e. The van der Waals surface area contributed by atoms with Crippen LogP contribution >= 0.6 is 11.8 Å². The Bertz CT molecular complexity index is 1110. The van der Waals surface area contributed by atoms with E-state index in [1.54, 1.807) is 18.1 Å². The summed E-state index contributed by atoms with van der Waals surface area (Å²) < 4.78 is 2.10. The van der Waals surface area contributed by atoms with Gasteiger partial charge in [-0.3, -0.25) is 0 Å². The predicted octanol–water partition coefficient (Wildman–Crippen LogP) is 5.22. The summed E-state index contributed by atoms with van der Waals surface area (Å²) >= 11 is 1.65. The van der Waals surface area contributed by atoms with Crippen molar-refractivity contribution in [2.45, 2.75) is 48.1 Å². The van der Waals surface area contributed by atoms with E-state index < -0.39 is 0 Å². The first-order chi connectivity index (χ1) is 13.3. The SMILES string of the molecule is Nc1ncnc2c1c(Sc1cccc3ccccc13)nn2C1CCCCC1. The Hall–Kier alpha value is -2.60. The van der Waals surface area contributed by atoms with Gasteiger partial charge >= 0.3 is 0 Å². The van der Waals surface area contributed by atoms with E-state index >= 15 is 0 Å². The molecule has 0 amide bonds. The fourth-order valence-corrected chi connectivity index (χ4v) is 5.08. The Morgan fingerprint density at radius 3 is 2.67 bits per heavy atom. The maximum Gasteiger partial charge on any atom is 0.164 e. The quantitative estimate of drug-likeness (QED) is 0.532. The first-order valence-electron chi connectivity index (χ1n) is 9.45. The number of benzene rings is 2. The molecule has 2 N–H and O–H groups in total. The van der Waals surface area contributed by atoms with Crippen molar-refractivity contribution in [3.05, 3.63) is 48.8 Å². The van der Waals surface area contributed by atoms with Crippen LogP contribution in [-0.2, 0) is 0 Å². The van der Waals surface area contributed by atoms with Crippen molar-refractivity contribution in [2.75, 3.05) is 5.73 Å². The molecule has 1 aliphatic carbocycles. The third-order valence-corrected chi connectivity index (χ3v) is 6.42. The van der Waals surface area contributed by atoms with Crippen LogP contribution in [0.2, 0.25) is 0 Å². The minimum atomic E-state index is 0.400. The summed E-state index contributed by atoms with van der Waals surface area (Å²) in [4.78, 5) is 9.94. The van der Waals surface area contributed by atoms with E-state index in [1.165, 1.54) is 34.9 Å². The predicted molar refractivity (Wildman–Crippen MR) is 110 cm³/mol. The van der Waals surface area contributed by atoms with Gasteiger partial charge in [0.05, 0.1) is 11.4 Å². The Balaban J connectivity index is 1.64. The van der Waals surface area contributed by atoms with Gasteiger partial charge in [0.1, 0.15) is 17.2 Å². The Labute approximate surface area is 162 Å². The molecule has 2 aromatic heterocycles. The lowest BCUT2D eigenvalue weighted by Gasteiger charge is -2.22. The summed E-state index contributed by atoms with van der Waals surface area (Å²) in [5.41, 5.74) is 7.11. The Morgan fingerprint density at radius 2 is 1.78 bits per heavy atom. The van der Waals surface area contributed by atoms with Crippen LogP contribution in [0.4, 0.5) is 5.82 Å². The van der Waals surface area contributed by atoms with Gasteiger partial charge in [-0.25, -0.2) is 14.6 Å². The normalized spacial score (nSPS) is 15.6. The van der Waals surface area contributed by atoms with Gasteiger partial charge in [-0.15, -0.1) is 0 Å². The molecule has 1 aliphatic rings. The van der Waals surface area contributed by atoms with Gasteiger partial charge in [-0.2, -0.15) is 5.10 Å². The molecular formula is C21H21N5S. The standard InChI is InChI=1S/C21H21N5S/c22-19-18-20(24-13-23-19)26(15-9-2-1-3-10-15)25-21(18)27-17-12-6-8-14-7-4-5-11-16(14)17/h4-8,11-13,15H,1-3,9-10H2,(H2,22,23,24). The molecule has 2 heterocycles. The van der Waals surface area contributed by atoms with Gasteiger partial charge in [0.25, 0.3) is 0 Å². The highest BCUT2D eigenvalue weighted by Gasteiger charge is 2.23. The molecule has 6 heteroatoms. The number of nitrogens with zero attached hydrogens (tertiary/aromatic N) is 4. The second-order valence-corrected chi connectivity index (χ2v) is 8.11. The zero-order valence-electron chi connectivity index (χ0n) is 15.0. The van der Waals surface area contributed by atoms with Crippen LogP contribution in [0.5, 0.6) is 0 Å². The lowest BCUT2D eigenvalue weighted by Crippen LogP contribution is -2.14. The third kappa shape index (κ3) is 2.94. The van der Waals surface area contributed by atoms with Gasteiger partial charge in [-0.1, -0.05) is 67.4 Å². The minimum absolute atomic E-state index is 0.400. The first kappa shape index (κ1) is 16.6. The molecule has 0 unspecified atom stereocenters. The largest absolute Gasteiger partial charge is 0.383 e. The molecule has 0 aliphatic heterocycles. The molecule has 0 atom stereocenters. The van der Waals surface area contributed by atoms with E-state index in [2.05, 4.69) is 57.1 Å². The third-order valence-electron chi connectivity index (χ3n) is 5.36. The second-order valence-electron chi connectivity index (χ2n) is 7.08. The molecule has 0 bridgehead atoms. The van der Waals surface area contributed by atoms with Crippen molar-refractivity contribution >= 4 is 39.4 Å². The number of nitrogen functional groups attached to an aromatic ring is 1. The molecule has 136 valence electrons. The van der Waals surface area contributed by atoms with E-state index in [-0.39, 0.29) is 0 Å². The lowest BCUT2D eigenvalue weighted by atomic mass is 9.96. The number of hydrogen-bond donors (Lipinski definition) is 1. The van der Waals surface area contributed by atoms with E-state index in [0.717, 1.165) is 28.9 Å². The molecule has 5 rings (SSSR count). The van der Waals surface area contributed by atoms with Crippen molar-refractivity contribution in [1.82, 2.24) is 19.7 Å². The van der Waals surface area contributed by atoms with Gasteiger partial charge in [0, 0.05) is 4.90 Å². The molecular weight excluding hydrogens is 354 g/mol. The molecule has 2 aromatic carbocycles. The smallest absolute Gasteiger partial charge is 0.164 e. The number of nitrogens with two attached hydrogens (primary N) is 1. The van der Waals surface area contributed by atoms with Crippen molar-refractivity contribution < 1.29 is 0 Å². The average Bonchev–Trinajstić information content (AvgIpc) is 3.09. The molecule has 1 saturated carbocycles. The average molecular weight is 376 g/mol. The highest BCUT2D eigenvalue weighted by atomic mass is 32.2. The summed E-state index contributed by atoms with van der Waals surface area (Å²) in [7, 11) is 0. The maximum atomic E-state index is 6.25. The number of anilines is 1. The Morgan fingerprint density at radius 1 is 0.963 bits per heavy atom. The summed E-state index contributed by atoms with van der Waals surface area (Å²) in [6.45, 7) is 0. The zero-order valence-corrected chi connectivity index (χ0v) is 15.8. The maximum absolute atomic E-state index is 6.25. The van der Waals surface area contributed by atoms with E-state index in [4.69, 9.17) is 10.8 Å². The first-order valence-corrected chi connectivity index (χ1v) is 10.3. The van der Waals surface area contributed by atoms with Crippen molar-refractivity contribution in [3.63, 3.8) is 0 Å². The fourth-order valence-electron chi connectivity index (χ4n) is 4.00. The summed E-state index contributed by atoms with van der Waals surface area (Å²) in [6.07, 6.45) is 7.66. The molecule has 0 saturated heterocycles. The van der Waals surface area contributed by atoms with Gasteiger partial charge in [0.15, 0.2) is 5.65 Å². The molecule has 0 spiro atoms.